The van der Waals surface area contributed by atoms with Crippen LogP contribution >= 0.6 is 11.8 Å². The Balaban J connectivity index is 2.06. The number of thioether (sulfide) groups is 1. The van der Waals surface area contributed by atoms with E-state index in [9.17, 15) is 0 Å². The minimum absolute atomic E-state index is 0.572. The molecule has 0 bridgehead atoms. The second-order valence-electron chi connectivity index (χ2n) is 3.94. The molecule has 15 heavy (non-hydrogen) atoms. The van der Waals surface area contributed by atoms with Gasteiger partial charge in [0.25, 0.3) is 0 Å². The van der Waals surface area contributed by atoms with E-state index >= 15 is 0 Å². The van der Waals surface area contributed by atoms with Crippen molar-refractivity contribution in [3.05, 3.63) is 23.8 Å². The molecule has 0 spiro atoms. The van der Waals surface area contributed by atoms with Gasteiger partial charge in [0.2, 0.25) is 0 Å². The number of hydrogen-bond donors (Lipinski definition) is 1. The summed E-state index contributed by atoms with van der Waals surface area (Å²) in [4.78, 5) is 1.20. The summed E-state index contributed by atoms with van der Waals surface area (Å²) in [5.74, 6) is 0. The van der Waals surface area contributed by atoms with Gasteiger partial charge in [0.15, 0.2) is 0 Å². The second kappa shape index (κ2) is 4.90. The van der Waals surface area contributed by atoms with Gasteiger partial charge in [-0.1, -0.05) is 12.1 Å². The number of anilines is 1. The van der Waals surface area contributed by atoms with Crippen molar-refractivity contribution in [1.82, 2.24) is 0 Å². The number of hydrogen-bond acceptors (Lipinski definition) is 3. The van der Waals surface area contributed by atoms with Crippen molar-refractivity contribution in [2.45, 2.75) is 29.9 Å². The van der Waals surface area contributed by atoms with Gasteiger partial charge in [-0.15, -0.1) is 11.8 Å². The quantitative estimate of drug-likeness (QED) is 0.783. The Morgan fingerprint density at radius 3 is 3.07 bits per heavy atom. The van der Waals surface area contributed by atoms with E-state index in [2.05, 4.69) is 25.1 Å². The lowest BCUT2D eigenvalue weighted by Crippen LogP contribution is -2.19. The molecule has 1 atom stereocenters. The largest absolute Gasteiger partial charge is 0.398 e. The highest BCUT2D eigenvalue weighted by molar-refractivity contribution is 8.00. The first-order chi connectivity index (χ1) is 7.27. The fraction of sp³-hybridized carbons (Fsp3) is 0.500. The molecule has 0 aromatic heterocycles. The Labute approximate surface area is 95.2 Å². The molecule has 82 valence electrons. The van der Waals surface area contributed by atoms with Crippen molar-refractivity contribution >= 4 is 17.4 Å². The van der Waals surface area contributed by atoms with Crippen LogP contribution < -0.4 is 5.73 Å². The molecule has 1 heterocycles. The van der Waals surface area contributed by atoms with Crippen LogP contribution in [0.5, 0.6) is 0 Å². The van der Waals surface area contributed by atoms with Crippen LogP contribution in [0.1, 0.15) is 18.4 Å². The molecule has 0 radical (unpaired) electrons. The van der Waals surface area contributed by atoms with Crippen molar-refractivity contribution in [2.75, 3.05) is 18.9 Å². The van der Waals surface area contributed by atoms with Gasteiger partial charge in [-0.2, -0.15) is 0 Å². The van der Waals surface area contributed by atoms with E-state index in [0.717, 1.165) is 24.5 Å². The van der Waals surface area contributed by atoms with Crippen molar-refractivity contribution < 1.29 is 4.74 Å². The Morgan fingerprint density at radius 2 is 2.33 bits per heavy atom. The van der Waals surface area contributed by atoms with Crippen LogP contribution in [0.2, 0.25) is 0 Å². The van der Waals surface area contributed by atoms with Gasteiger partial charge >= 0.3 is 0 Å². The molecule has 1 unspecified atom stereocenters. The summed E-state index contributed by atoms with van der Waals surface area (Å²) in [7, 11) is 0. The molecule has 2 N–H and O–H groups in total. The van der Waals surface area contributed by atoms with Gasteiger partial charge in [-0.3, -0.25) is 0 Å². The van der Waals surface area contributed by atoms with E-state index in [1.165, 1.54) is 17.7 Å². The molecule has 3 heteroatoms. The highest BCUT2D eigenvalue weighted by Gasteiger charge is 2.16. The number of nitrogen functional groups attached to an aromatic ring is 1. The van der Waals surface area contributed by atoms with Gasteiger partial charge < -0.3 is 10.5 Å². The molecule has 2 nitrogen and oxygen atoms in total. The van der Waals surface area contributed by atoms with E-state index in [-0.39, 0.29) is 0 Å². The molecule has 1 aliphatic heterocycles. The first-order valence-electron chi connectivity index (χ1n) is 5.37. The van der Waals surface area contributed by atoms with E-state index in [4.69, 9.17) is 10.5 Å². The van der Waals surface area contributed by atoms with Crippen molar-refractivity contribution in [1.29, 1.82) is 0 Å². The highest BCUT2D eigenvalue weighted by atomic mass is 32.2. The topological polar surface area (TPSA) is 35.2 Å². The lowest BCUT2D eigenvalue weighted by atomic mass is 10.2. The zero-order chi connectivity index (χ0) is 10.7. The monoisotopic (exact) mass is 223 g/mol. The maximum atomic E-state index is 6.04. The summed E-state index contributed by atoms with van der Waals surface area (Å²) in [6.45, 7) is 3.83. The zero-order valence-corrected chi connectivity index (χ0v) is 9.85. The molecule has 0 aliphatic carbocycles. The number of benzene rings is 1. The Morgan fingerprint density at radius 1 is 1.47 bits per heavy atom. The number of para-hydroxylation sites is 1. The van der Waals surface area contributed by atoms with Gasteiger partial charge in [0.05, 0.1) is 6.61 Å². The van der Waals surface area contributed by atoms with Gasteiger partial charge in [-0.25, -0.2) is 0 Å². The predicted octanol–water partition coefficient (Wildman–Crippen LogP) is 2.85. The zero-order valence-electron chi connectivity index (χ0n) is 9.03. The summed E-state index contributed by atoms with van der Waals surface area (Å²) in [6.07, 6.45) is 2.40. The van der Waals surface area contributed by atoms with Crippen LogP contribution in [0.15, 0.2) is 23.1 Å². The van der Waals surface area contributed by atoms with E-state index in [1.54, 1.807) is 0 Å². The predicted molar refractivity (Wildman–Crippen MR) is 65.3 cm³/mol. The summed E-state index contributed by atoms with van der Waals surface area (Å²) >= 11 is 1.86. The Hall–Kier alpha value is -0.670. The third-order valence-corrected chi connectivity index (χ3v) is 4.01. The Bertz CT molecular complexity index is 334. The maximum absolute atomic E-state index is 6.04. The Kier molecular flexibility index (Phi) is 3.54. The number of aryl methyl sites for hydroxylation is 1. The third-order valence-electron chi connectivity index (χ3n) is 2.70. The van der Waals surface area contributed by atoms with Crippen LogP contribution in [0.25, 0.3) is 0 Å². The number of rotatable bonds is 2. The molecule has 0 amide bonds. The van der Waals surface area contributed by atoms with E-state index < -0.39 is 0 Å². The van der Waals surface area contributed by atoms with Crippen molar-refractivity contribution in [3.8, 4) is 0 Å². The van der Waals surface area contributed by atoms with Crippen LogP contribution in [0.4, 0.5) is 5.69 Å². The summed E-state index contributed by atoms with van der Waals surface area (Å²) in [5.41, 5.74) is 8.13. The van der Waals surface area contributed by atoms with Crippen LogP contribution in [0, 0.1) is 6.92 Å². The number of nitrogens with two attached hydrogens (primary N) is 1. The van der Waals surface area contributed by atoms with Crippen molar-refractivity contribution in [2.24, 2.45) is 0 Å². The van der Waals surface area contributed by atoms with Gasteiger partial charge in [0, 0.05) is 22.4 Å². The highest BCUT2D eigenvalue weighted by Crippen LogP contribution is 2.33. The van der Waals surface area contributed by atoms with Gasteiger partial charge in [-0.05, 0) is 31.4 Å². The molecule has 1 fully saturated rings. The fourth-order valence-electron chi connectivity index (χ4n) is 1.74. The average Bonchev–Trinajstić information content (AvgIpc) is 2.26. The van der Waals surface area contributed by atoms with Gasteiger partial charge in [0.1, 0.15) is 0 Å². The van der Waals surface area contributed by atoms with Crippen LogP contribution in [-0.4, -0.2) is 18.5 Å². The molecule has 1 saturated heterocycles. The molecular formula is C12H17NOS. The van der Waals surface area contributed by atoms with Crippen LogP contribution in [-0.2, 0) is 4.74 Å². The molecule has 2 rings (SSSR count). The number of ether oxygens (including phenoxy) is 1. The molecule has 0 saturated carbocycles. The average molecular weight is 223 g/mol. The molecule has 1 aliphatic rings. The minimum atomic E-state index is 0.572. The summed E-state index contributed by atoms with van der Waals surface area (Å²) < 4.78 is 5.46. The lowest BCUT2D eigenvalue weighted by Gasteiger charge is -2.22. The second-order valence-corrected chi connectivity index (χ2v) is 5.29. The molecule has 1 aromatic rings. The summed E-state index contributed by atoms with van der Waals surface area (Å²) in [6, 6.07) is 6.22. The molecular weight excluding hydrogens is 206 g/mol. The first-order valence-corrected chi connectivity index (χ1v) is 6.25. The van der Waals surface area contributed by atoms with E-state index in [1.807, 2.05) is 11.8 Å². The van der Waals surface area contributed by atoms with E-state index in [0.29, 0.717) is 5.25 Å². The summed E-state index contributed by atoms with van der Waals surface area (Å²) in [5, 5.41) is 0.572. The van der Waals surface area contributed by atoms with Crippen LogP contribution in [0.3, 0.4) is 0 Å². The SMILES string of the molecule is Cc1cccc(SC2CCCOC2)c1N. The maximum Gasteiger partial charge on any atom is 0.0588 e. The first kappa shape index (κ1) is 10.8. The van der Waals surface area contributed by atoms with Crippen molar-refractivity contribution in [3.63, 3.8) is 0 Å². The minimum Gasteiger partial charge on any atom is -0.398 e. The fourth-order valence-corrected chi connectivity index (χ4v) is 2.99. The standard InChI is InChI=1S/C12H17NOS/c1-9-4-2-6-11(12(9)13)15-10-5-3-7-14-8-10/h2,4,6,10H,3,5,7-8,13H2,1H3. The molecule has 1 aromatic carbocycles. The third kappa shape index (κ3) is 2.67. The lowest BCUT2D eigenvalue weighted by molar-refractivity contribution is 0.101. The smallest absolute Gasteiger partial charge is 0.0588 e. The normalized spacial score (nSPS) is 21.5.